The Morgan fingerprint density at radius 3 is 2.52 bits per heavy atom. The Labute approximate surface area is 164 Å². The van der Waals surface area contributed by atoms with Gasteiger partial charge in [0.25, 0.3) is 0 Å². The van der Waals surface area contributed by atoms with Crippen molar-refractivity contribution in [2.75, 3.05) is 12.9 Å². The molecule has 0 saturated carbocycles. The third-order valence-electron chi connectivity index (χ3n) is 4.58. The molecule has 2 aromatic carbocycles. The maximum absolute atomic E-state index is 12.3. The first-order valence-electron chi connectivity index (χ1n) is 9.03. The largest absolute Gasteiger partial charge is 0.497 e. The van der Waals surface area contributed by atoms with Gasteiger partial charge in [-0.3, -0.25) is 9.36 Å². The monoisotopic (exact) mass is 383 g/mol. The number of nitrogens with one attached hydrogen (secondary N) is 1. The number of ether oxygens (including phenoxy) is 1. The summed E-state index contributed by atoms with van der Waals surface area (Å²) in [6.45, 7) is 6.22. The minimum atomic E-state index is 0.0227. The minimum absolute atomic E-state index is 0.0227. The Hall–Kier alpha value is -2.47. The average Bonchev–Trinajstić information content (AvgIpc) is 3.04. The van der Waals surface area contributed by atoms with Crippen LogP contribution in [-0.4, -0.2) is 34.4 Å². The number of nitrogens with zero attached hydrogens (tertiary/aromatic N) is 2. The number of para-hydroxylation sites is 2. The van der Waals surface area contributed by atoms with E-state index in [0.717, 1.165) is 27.6 Å². The molecule has 27 heavy (non-hydrogen) atoms. The van der Waals surface area contributed by atoms with Crippen molar-refractivity contribution < 1.29 is 9.53 Å². The number of carbonyl (C=O) groups excluding carboxylic acids is 1. The van der Waals surface area contributed by atoms with Gasteiger partial charge in [0.2, 0.25) is 5.91 Å². The van der Waals surface area contributed by atoms with E-state index >= 15 is 0 Å². The fourth-order valence-electron chi connectivity index (χ4n) is 2.67. The number of amides is 1. The summed E-state index contributed by atoms with van der Waals surface area (Å²) in [7, 11) is 1.65. The number of rotatable bonds is 7. The van der Waals surface area contributed by atoms with E-state index in [9.17, 15) is 4.79 Å². The highest BCUT2D eigenvalue weighted by molar-refractivity contribution is 7.99. The quantitative estimate of drug-likeness (QED) is 0.619. The molecule has 1 atom stereocenters. The van der Waals surface area contributed by atoms with Crippen molar-refractivity contribution in [1.82, 2.24) is 14.9 Å². The molecule has 1 N–H and O–H groups in total. The minimum Gasteiger partial charge on any atom is -0.497 e. The summed E-state index contributed by atoms with van der Waals surface area (Å²) in [5.74, 6) is 1.56. The van der Waals surface area contributed by atoms with Crippen molar-refractivity contribution in [1.29, 1.82) is 0 Å². The number of carbonyl (C=O) groups is 1. The summed E-state index contributed by atoms with van der Waals surface area (Å²) in [6, 6.07) is 16.0. The van der Waals surface area contributed by atoms with E-state index in [1.807, 2.05) is 55.5 Å². The van der Waals surface area contributed by atoms with Crippen molar-refractivity contribution in [3.05, 3.63) is 48.5 Å². The molecule has 1 amide bonds. The maximum atomic E-state index is 12.3. The van der Waals surface area contributed by atoms with Gasteiger partial charge >= 0.3 is 0 Å². The second-order valence-electron chi connectivity index (χ2n) is 6.81. The molecule has 1 unspecified atom stereocenters. The van der Waals surface area contributed by atoms with Gasteiger partial charge in [0.05, 0.1) is 23.9 Å². The van der Waals surface area contributed by atoms with Gasteiger partial charge in [-0.05, 0) is 49.2 Å². The van der Waals surface area contributed by atoms with Crippen LogP contribution in [0.25, 0.3) is 16.7 Å². The lowest BCUT2D eigenvalue weighted by atomic mass is 10.1. The van der Waals surface area contributed by atoms with Crippen molar-refractivity contribution in [2.45, 2.75) is 32.0 Å². The maximum Gasteiger partial charge on any atom is 0.230 e. The van der Waals surface area contributed by atoms with Gasteiger partial charge in [-0.1, -0.05) is 37.7 Å². The number of aromatic nitrogens is 2. The van der Waals surface area contributed by atoms with Gasteiger partial charge in [0.15, 0.2) is 5.16 Å². The molecule has 142 valence electrons. The SMILES string of the molecule is COc1ccc(-n2c(SCC(=O)NC(C)C(C)C)nc3ccccc32)cc1. The molecule has 5 nitrogen and oxygen atoms in total. The highest BCUT2D eigenvalue weighted by Gasteiger charge is 2.16. The smallest absolute Gasteiger partial charge is 0.230 e. The van der Waals surface area contributed by atoms with Crippen LogP contribution in [0.1, 0.15) is 20.8 Å². The Balaban J connectivity index is 1.87. The lowest BCUT2D eigenvalue weighted by molar-refractivity contribution is -0.119. The molecule has 6 heteroatoms. The zero-order chi connectivity index (χ0) is 19.4. The summed E-state index contributed by atoms with van der Waals surface area (Å²) < 4.78 is 7.34. The predicted molar refractivity (Wildman–Crippen MR) is 111 cm³/mol. The molecule has 3 aromatic rings. The van der Waals surface area contributed by atoms with Crippen molar-refractivity contribution in [2.24, 2.45) is 5.92 Å². The van der Waals surface area contributed by atoms with Crippen LogP contribution in [0.15, 0.2) is 53.7 Å². The summed E-state index contributed by atoms with van der Waals surface area (Å²) in [4.78, 5) is 17.0. The fraction of sp³-hybridized carbons (Fsp3) is 0.333. The van der Waals surface area contributed by atoms with Crippen LogP contribution in [0.5, 0.6) is 5.75 Å². The highest BCUT2D eigenvalue weighted by atomic mass is 32.2. The van der Waals surface area contributed by atoms with Gasteiger partial charge in [0.1, 0.15) is 5.75 Å². The van der Waals surface area contributed by atoms with Crippen LogP contribution >= 0.6 is 11.8 Å². The van der Waals surface area contributed by atoms with Gasteiger partial charge in [-0.25, -0.2) is 4.98 Å². The van der Waals surface area contributed by atoms with E-state index in [2.05, 4.69) is 23.7 Å². The standard InChI is InChI=1S/C21H25N3O2S/c1-14(2)15(3)22-20(25)13-27-21-23-18-7-5-6-8-19(18)24(21)16-9-11-17(26-4)12-10-16/h5-12,14-15H,13H2,1-4H3,(H,22,25). The van der Waals surface area contributed by atoms with Gasteiger partial charge in [-0.2, -0.15) is 0 Å². The molecule has 0 saturated heterocycles. The number of hydrogen-bond acceptors (Lipinski definition) is 4. The lowest BCUT2D eigenvalue weighted by Gasteiger charge is -2.17. The van der Waals surface area contributed by atoms with E-state index in [4.69, 9.17) is 9.72 Å². The number of benzene rings is 2. The first-order chi connectivity index (χ1) is 13.0. The lowest BCUT2D eigenvalue weighted by Crippen LogP contribution is -2.37. The third-order valence-corrected chi connectivity index (χ3v) is 5.52. The second kappa shape index (κ2) is 8.48. The van der Waals surface area contributed by atoms with Crippen LogP contribution in [0.3, 0.4) is 0 Å². The molecule has 1 aromatic heterocycles. The third kappa shape index (κ3) is 4.45. The Kier molecular flexibility index (Phi) is 6.06. The number of hydrogen-bond donors (Lipinski definition) is 1. The molecule has 0 aliphatic carbocycles. The number of fused-ring (bicyclic) bond motifs is 1. The van der Waals surface area contributed by atoms with E-state index in [0.29, 0.717) is 11.7 Å². The van der Waals surface area contributed by atoms with Gasteiger partial charge < -0.3 is 10.1 Å². The molecular weight excluding hydrogens is 358 g/mol. The topological polar surface area (TPSA) is 56.1 Å². The van der Waals surface area contributed by atoms with Gasteiger partial charge in [0, 0.05) is 11.7 Å². The molecule has 0 bridgehead atoms. The van der Waals surface area contributed by atoms with E-state index in [1.165, 1.54) is 11.8 Å². The summed E-state index contributed by atoms with van der Waals surface area (Å²) in [6.07, 6.45) is 0. The Bertz CT molecular complexity index is 919. The molecule has 3 rings (SSSR count). The molecule has 1 heterocycles. The van der Waals surface area contributed by atoms with Crippen molar-refractivity contribution >= 4 is 28.7 Å². The normalized spacial score (nSPS) is 12.3. The van der Waals surface area contributed by atoms with Gasteiger partial charge in [-0.15, -0.1) is 0 Å². The Morgan fingerprint density at radius 1 is 1.15 bits per heavy atom. The fourth-order valence-corrected chi connectivity index (χ4v) is 3.51. The van der Waals surface area contributed by atoms with E-state index < -0.39 is 0 Å². The van der Waals surface area contributed by atoms with E-state index in [1.54, 1.807) is 7.11 Å². The molecule has 0 aliphatic heterocycles. The number of methoxy groups -OCH3 is 1. The van der Waals surface area contributed by atoms with Crippen LogP contribution in [-0.2, 0) is 4.79 Å². The Morgan fingerprint density at radius 2 is 1.85 bits per heavy atom. The summed E-state index contributed by atoms with van der Waals surface area (Å²) in [5, 5.41) is 3.84. The highest BCUT2D eigenvalue weighted by Crippen LogP contribution is 2.28. The van der Waals surface area contributed by atoms with Crippen LogP contribution in [0.2, 0.25) is 0 Å². The zero-order valence-electron chi connectivity index (χ0n) is 16.1. The molecule has 0 fully saturated rings. The van der Waals surface area contributed by atoms with Crippen LogP contribution < -0.4 is 10.1 Å². The predicted octanol–water partition coefficient (Wildman–Crippen LogP) is 4.29. The molecular formula is C21H25N3O2S. The summed E-state index contributed by atoms with van der Waals surface area (Å²) >= 11 is 1.45. The van der Waals surface area contributed by atoms with Crippen molar-refractivity contribution in [3.63, 3.8) is 0 Å². The number of thioether (sulfide) groups is 1. The zero-order valence-corrected chi connectivity index (χ0v) is 16.9. The summed E-state index contributed by atoms with van der Waals surface area (Å²) in [5.41, 5.74) is 2.91. The van der Waals surface area contributed by atoms with Crippen LogP contribution in [0, 0.1) is 5.92 Å². The number of imidazole rings is 1. The first-order valence-corrected chi connectivity index (χ1v) is 10.0. The average molecular weight is 384 g/mol. The van der Waals surface area contributed by atoms with Crippen LogP contribution in [0.4, 0.5) is 0 Å². The second-order valence-corrected chi connectivity index (χ2v) is 7.75. The molecule has 0 spiro atoms. The first kappa shape index (κ1) is 19.3. The molecule has 0 aliphatic rings. The molecule has 0 radical (unpaired) electrons. The van der Waals surface area contributed by atoms with E-state index in [-0.39, 0.29) is 11.9 Å². The van der Waals surface area contributed by atoms with Crippen molar-refractivity contribution in [3.8, 4) is 11.4 Å².